The van der Waals surface area contributed by atoms with Crippen LogP contribution >= 0.6 is 11.3 Å². The normalized spacial score (nSPS) is 31.4. The summed E-state index contributed by atoms with van der Waals surface area (Å²) in [6.07, 6.45) is 5.39. The van der Waals surface area contributed by atoms with Crippen molar-refractivity contribution in [2.24, 2.45) is 11.8 Å². The molecule has 0 saturated heterocycles. The second-order valence-corrected chi connectivity index (χ2v) is 6.53. The molecule has 1 saturated carbocycles. The van der Waals surface area contributed by atoms with E-state index in [4.69, 9.17) is 0 Å². The van der Waals surface area contributed by atoms with Crippen LogP contribution in [-0.4, -0.2) is 6.04 Å². The first-order valence-electron chi connectivity index (χ1n) is 7.01. The van der Waals surface area contributed by atoms with Gasteiger partial charge in [-0.25, -0.2) is 0 Å². The average Bonchev–Trinajstić information content (AvgIpc) is 2.82. The van der Waals surface area contributed by atoms with Crippen LogP contribution in [0.1, 0.15) is 57.4 Å². The molecule has 0 spiro atoms. The summed E-state index contributed by atoms with van der Waals surface area (Å²) < 4.78 is 0. The summed E-state index contributed by atoms with van der Waals surface area (Å²) in [5.74, 6) is 1.65. The number of hydrogen-bond acceptors (Lipinski definition) is 2. The Morgan fingerprint density at radius 1 is 1.35 bits per heavy atom. The number of hydrogen-bond donors (Lipinski definition) is 1. The standard InChI is InChI=1S/C15H25NS/c1-4-13(14-9-6-10-17-14)16-15-11(2)7-5-8-12(15)3/h6,9-13,15-16H,4-5,7-8H2,1-3H3. The summed E-state index contributed by atoms with van der Waals surface area (Å²) in [4.78, 5) is 1.50. The van der Waals surface area contributed by atoms with Crippen LogP contribution in [-0.2, 0) is 0 Å². The fourth-order valence-electron chi connectivity index (χ4n) is 3.13. The number of rotatable bonds is 4. The Hall–Kier alpha value is -0.340. The zero-order chi connectivity index (χ0) is 12.3. The minimum Gasteiger partial charge on any atom is -0.306 e. The summed E-state index contributed by atoms with van der Waals surface area (Å²) in [5, 5.41) is 6.11. The molecule has 2 heteroatoms. The maximum Gasteiger partial charge on any atom is 0.0414 e. The largest absolute Gasteiger partial charge is 0.306 e. The van der Waals surface area contributed by atoms with Crippen LogP contribution in [0, 0.1) is 11.8 Å². The highest BCUT2D eigenvalue weighted by atomic mass is 32.1. The van der Waals surface area contributed by atoms with Gasteiger partial charge in [0.1, 0.15) is 0 Å². The molecule has 1 heterocycles. The molecule has 0 aromatic carbocycles. The first-order chi connectivity index (χ1) is 8.22. The van der Waals surface area contributed by atoms with E-state index < -0.39 is 0 Å². The summed E-state index contributed by atoms with van der Waals surface area (Å²) >= 11 is 1.88. The lowest BCUT2D eigenvalue weighted by Gasteiger charge is -2.37. The van der Waals surface area contributed by atoms with Crippen LogP contribution in [0.4, 0.5) is 0 Å². The zero-order valence-electron chi connectivity index (χ0n) is 11.3. The smallest absolute Gasteiger partial charge is 0.0414 e. The first-order valence-corrected chi connectivity index (χ1v) is 7.89. The molecule has 1 nitrogen and oxygen atoms in total. The predicted molar refractivity (Wildman–Crippen MR) is 76.5 cm³/mol. The van der Waals surface area contributed by atoms with E-state index in [0.29, 0.717) is 12.1 Å². The Morgan fingerprint density at radius 2 is 2.06 bits per heavy atom. The van der Waals surface area contributed by atoms with Gasteiger partial charge in [-0.1, -0.05) is 33.3 Å². The van der Waals surface area contributed by atoms with Crippen molar-refractivity contribution in [3.05, 3.63) is 22.4 Å². The molecule has 1 N–H and O–H groups in total. The van der Waals surface area contributed by atoms with Crippen LogP contribution in [0.3, 0.4) is 0 Å². The Balaban J connectivity index is 2.02. The van der Waals surface area contributed by atoms with Crippen LogP contribution in [0.25, 0.3) is 0 Å². The molecule has 3 atom stereocenters. The molecule has 2 rings (SSSR count). The quantitative estimate of drug-likeness (QED) is 0.823. The monoisotopic (exact) mass is 251 g/mol. The maximum absolute atomic E-state index is 3.92. The van der Waals surface area contributed by atoms with Gasteiger partial charge < -0.3 is 5.32 Å². The summed E-state index contributed by atoms with van der Waals surface area (Å²) in [6.45, 7) is 7.11. The fourth-order valence-corrected chi connectivity index (χ4v) is 4.00. The van der Waals surface area contributed by atoms with Crippen molar-refractivity contribution in [1.82, 2.24) is 5.32 Å². The minimum absolute atomic E-state index is 0.558. The van der Waals surface area contributed by atoms with Gasteiger partial charge in [-0.15, -0.1) is 11.3 Å². The summed E-state index contributed by atoms with van der Waals surface area (Å²) in [6, 6.07) is 5.70. The molecule has 0 radical (unpaired) electrons. The Labute approximate surface area is 110 Å². The molecule has 17 heavy (non-hydrogen) atoms. The molecule has 0 aliphatic heterocycles. The lowest BCUT2D eigenvalue weighted by molar-refractivity contribution is 0.192. The molecule has 1 fully saturated rings. The van der Waals surface area contributed by atoms with E-state index in [-0.39, 0.29) is 0 Å². The number of nitrogens with one attached hydrogen (secondary N) is 1. The van der Waals surface area contributed by atoms with E-state index >= 15 is 0 Å². The SMILES string of the molecule is CCC(NC1C(C)CCCC1C)c1cccs1. The fraction of sp³-hybridized carbons (Fsp3) is 0.733. The van der Waals surface area contributed by atoms with Crippen LogP contribution in [0.15, 0.2) is 17.5 Å². The molecule has 3 unspecified atom stereocenters. The first kappa shape index (κ1) is 13.1. The van der Waals surface area contributed by atoms with Crippen LogP contribution in [0.2, 0.25) is 0 Å². The van der Waals surface area contributed by atoms with E-state index in [9.17, 15) is 0 Å². The molecule has 0 amide bonds. The van der Waals surface area contributed by atoms with Gasteiger partial charge in [-0.3, -0.25) is 0 Å². The van der Waals surface area contributed by atoms with Crippen molar-refractivity contribution in [2.45, 2.75) is 58.5 Å². The van der Waals surface area contributed by atoms with Crippen LogP contribution < -0.4 is 5.32 Å². The number of thiophene rings is 1. The predicted octanol–water partition coefficient (Wildman–Crippen LogP) is 4.61. The van der Waals surface area contributed by atoms with Crippen molar-refractivity contribution in [2.75, 3.05) is 0 Å². The molecule has 1 aliphatic carbocycles. The van der Waals surface area contributed by atoms with Gasteiger partial charge in [-0.2, -0.15) is 0 Å². The Bertz CT molecular complexity index is 310. The summed E-state index contributed by atoms with van der Waals surface area (Å²) in [5.41, 5.74) is 0. The molecule has 1 aromatic heterocycles. The third kappa shape index (κ3) is 3.11. The summed E-state index contributed by atoms with van der Waals surface area (Å²) in [7, 11) is 0. The molecule has 0 bridgehead atoms. The topological polar surface area (TPSA) is 12.0 Å². The van der Waals surface area contributed by atoms with E-state index in [0.717, 1.165) is 11.8 Å². The lowest BCUT2D eigenvalue weighted by atomic mass is 9.78. The van der Waals surface area contributed by atoms with Gasteiger partial charge in [0.25, 0.3) is 0 Å². The van der Waals surface area contributed by atoms with Crippen molar-refractivity contribution < 1.29 is 0 Å². The second kappa shape index (κ2) is 6.01. The minimum atomic E-state index is 0.558. The van der Waals surface area contributed by atoms with Crippen LogP contribution in [0.5, 0.6) is 0 Å². The molecule has 96 valence electrons. The van der Waals surface area contributed by atoms with Crippen molar-refractivity contribution in [3.63, 3.8) is 0 Å². The second-order valence-electron chi connectivity index (χ2n) is 5.55. The highest BCUT2D eigenvalue weighted by Gasteiger charge is 2.29. The van der Waals surface area contributed by atoms with E-state index in [2.05, 4.69) is 43.6 Å². The van der Waals surface area contributed by atoms with Crippen molar-refractivity contribution in [1.29, 1.82) is 0 Å². The lowest BCUT2D eigenvalue weighted by Crippen LogP contribution is -2.44. The van der Waals surface area contributed by atoms with E-state index in [1.807, 2.05) is 11.3 Å². The van der Waals surface area contributed by atoms with Crippen molar-refractivity contribution in [3.8, 4) is 0 Å². The van der Waals surface area contributed by atoms with Gasteiger partial charge in [0.15, 0.2) is 0 Å². The third-order valence-electron chi connectivity index (χ3n) is 4.23. The van der Waals surface area contributed by atoms with Gasteiger partial charge in [0, 0.05) is 17.0 Å². The Kier molecular flexibility index (Phi) is 4.63. The molecule has 1 aliphatic rings. The zero-order valence-corrected chi connectivity index (χ0v) is 12.1. The Morgan fingerprint density at radius 3 is 2.59 bits per heavy atom. The molecular weight excluding hydrogens is 226 g/mol. The molecular formula is C15H25NS. The molecule has 1 aromatic rings. The van der Waals surface area contributed by atoms with Gasteiger partial charge in [-0.05, 0) is 42.5 Å². The van der Waals surface area contributed by atoms with E-state index in [1.54, 1.807) is 0 Å². The van der Waals surface area contributed by atoms with Gasteiger partial charge in [0.05, 0.1) is 0 Å². The van der Waals surface area contributed by atoms with Gasteiger partial charge in [0.2, 0.25) is 0 Å². The average molecular weight is 251 g/mol. The van der Waals surface area contributed by atoms with Gasteiger partial charge >= 0.3 is 0 Å². The maximum atomic E-state index is 3.92. The third-order valence-corrected chi connectivity index (χ3v) is 5.22. The highest BCUT2D eigenvalue weighted by Crippen LogP contribution is 2.32. The van der Waals surface area contributed by atoms with Crippen molar-refractivity contribution >= 4 is 11.3 Å². The highest BCUT2D eigenvalue weighted by molar-refractivity contribution is 7.10. The van der Waals surface area contributed by atoms with E-state index in [1.165, 1.54) is 30.6 Å².